The maximum atomic E-state index is 12.9. The van der Waals surface area contributed by atoms with Crippen LogP contribution in [0, 0.1) is 11.3 Å². The molecule has 1 aliphatic rings. The van der Waals surface area contributed by atoms with Crippen molar-refractivity contribution >= 4 is 25.4 Å². The lowest BCUT2D eigenvalue weighted by Crippen LogP contribution is -2.36. The number of aliphatic hydroxyl groups is 1. The average Bonchev–Trinajstić information content (AvgIpc) is 3.28. The van der Waals surface area contributed by atoms with Crippen molar-refractivity contribution in [2.45, 2.75) is 71.1 Å². The van der Waals surface area contributed by atoms with Crippen LogP contribution >= 0.6 is 8.53 Å². The molecule has 3 heterocycles. The van der Waals surface area contributed by atoms with Crippen LogP contribution in [0.1, 0.15) is 46.8 Å². The Morgan fingerprint density at radius 1 is 1.39 bits per heavy atom. The van der Waals surface area contributed by atoms with Crippen LogP contribution in [0.15, 0.2) is 4.79 Å². The number of fused-ring (bicyclic) bond motifs is 1. The Hall–Kier alpha value is -2.40. The molecule has 15 heteroatoms. The number of hydrogen-bond acceptors (Lipinski definition) is 12. The molecule has 3 rings (SSSR count). The number of aromatic nitrogens is 5. The highest BCUT2D eigenvalue weighted by Gasteiger charge is 2.42. The van der Waals surface area contributed by atoms with E-state index >= 15 is 0 Å². The predicted molar refractivity (Wildman–Crippen MR) is 117 cm³/mol. The summed E-state index contributed by atoms with van der Waals surface area (Å²) in [5.74, 6) is -0.131. The van der Waals surface area contributed by atoms with E-state index in [0.29, 0.717) is 4.85 Å². The van der Waals surface area contributed by atoms with Crippen molar-refractivity contribution in [1.82, 2.24) is 29.6 Å². The van der Waals surface area contributed by atoms with E-state index < -0.39 is 32.5 Å². The fourth-order valence-corrected chi connectivity index (χ4v) is 5.42. The normalized spacial score (nSPS) is 22.0. The van der Waals surface area contributed by atoms with Gasteiger partial charge in [0.25, 0.3) is 8.53 Å². The van der Waals surface area contributed by atoms with Gasteiger partial charge in [-0.05, 0) is 27.7 Å². The summed E-state index contributed by atoms with van der Waals surface area (Å²) < 4.78 is 21.1. The third-order valence-electron chi connectivity index (χ3n) is 5.04. The number of nitrogens with zero attached hydrogens (tertiary/aromatic N) is 7. The van der Waals surface area contributed by atoms with Crippen molar-refractivity contribution in [3.8, 4) is 6.07 Å². The molecule has 4 atom stereocenters. The number of nitrogens with two attached hydrogens (primary N) is 1. The van der Waals surface area contributed by atoms with Crippen LogP contribution in [0.2, 0.25) is 0 Å². The Morgan fingerprint density at radius 3 is 2.70 bits per heavy atom. The Labute approximate surface area is 191 Å². The highest BCUT2D eigenvalue weighted by Crippen LogP contribution is 2.49. The van der Waals surface area contributed by atoms with Gasteiger partial charge in [-0.3, -0.25) is 4.79 Å². The first-order valence-electron chi connectivity index (χ1n) is 10.5. The molecule has 182 valence electrons. The minimum atomic E-state index is -1.59. The van der Waals surface area contributed by atoms with Gasteiger partial charge in [-0.2, -0.15) is 9.94 Å². The van der Waals surface area contributed by atoms with E-state index in [4.69, 9.17) is 24.8 Å². The van der Waals surface area contributed by atoms with Crippen molar-refractivity contribution in [3.05, 3.63) is 10.4 Å². The number of rotatable bonds is 10. The molecular weight excluding hydrogens is 455 g/mol. The molecule has 0 aromatic carbocycles. The zero-order valence-electron chi connectivity index (χ0n) is 18.9. The van der Waals surface area contributed by atoms with Gasteiger partial charge in [0.15, 0.2) is 23.1 Å². The summed E-state index contributed by atoms with van der Waals surface area (Å²) in [7, 11) is -1.59. The Morgan fingerprint density at radius 2 is 2.09 bits per heavy atom. The first-order valence-corrected chi connectivity index (χ1v) is 11.7. The number of aliphatic hydroxyl groups excluding tert-OH is 1. The average molecular weight is 484 g/mol. The van der Waals surface area contributed by atoms with Gasteiger partial charge in [-0.1, -0.05) is 10.1 Å². The Kier molecular flexibility index (Phi) is 8.17. The largest absolute Gasteiger partial charge is 0.411 e. The van der Waals surface area contributed by atoms with Gasteiger partial charge in [0, 0.05) is 18.5 Å². The summed E-state index contributed by atoms with van der Waals surface area (Å²) in [6.45, 7) is 7.88. The van der Waals surface area contributed by atoms with Crippen molar-refractivity contribution in [1.29, 1.82) is 5.26 Å². The summed E-state index contributed by atoms with van der Waals surface area (Å²) in [5.41, 5.74) is 4.67. The predicted octanol–water partition coefficient (Wildman–Crippen LogP) is 0.748. The molecule has 0 bridgehead atoms. The van der Waals surface area contributed by atoms with Crippen LogP contribution in [-0.4, -0.2) is 77.4 Å². The lowest BCUT2D eigenvalue weighted by molar-refractivity contribution is -0.0489. The minimum absolute atomic E-state index is 0.0258. The first-order chi connectivity index (χ1) is 15.7. The van der Waals surface area contributed by atoms with Gasteiger partial charge in [-0.25, -0.2) is 4.67 Å². The van der Waals surface area contributed by atoms with E-state index in [1.807, 2.05) is 33.8 Å². The molecule has 1 aliphatic heterocycles. The second-order valence-electron chi connectivity index (χ2n) is 8.05. The highest BCUT2D eigenvalue weighted by molar-refractivity contribution is 7.44. The molecule has 0 radical (unpaired) electrons. The quantitative estimate of drug-likeness (QED) is 0.244. The summed E-state index contributed by atoms with van der Waals surface area (Å²) in [6.07, 6.45) is -1.90. The molecule has 33 heavy (non-hydrogen) atoms. The molecule has 2 aromatic heterocycles. The van der Waals surface area contributed by atoms with E-state index in [-0.39, 0.29) is 55.0 Å². The van der Waals surface area contributed by atoms with Crippen LogP contribution in [0.4, 0.5) is 5.82 Å². The monoisotopic (exact) mass is 484 g/mol. The summed E-state index contributed by atoms with van der Waals surface area (Å²) in [4.78, 5) is 13.2. The van der Waals surface area contributed by atoms with Gasteiger partial charge in [0.1, 0.15) is 6.10 Å². The maximum Gasteiger partial charge on any atom is 0.302 e. The lowest BCUT2D eigenvalue weighted by Gasteiger charge is -2.37. The van der Waals surface area contributed by atoms with E-state index in [0.717, 1.165) is 4.68 Å². The van der Waals surface area contributed by atoms with Crippen molar-refractivity contribution in [2.24, 2.45) is 0 Å². The summed E-state index contributed by atoms with van der Waals surface area (Å²) in [5, 5.41) is 40.0. The van der Waals surface area contributed by atoms with E-state index in [9.17, 15) is 15.1 Å². The van der Waals surface area contributed by atoms with Crippen molar-refractivity contribution in [3.63, 3.8) is 0 Å². The molecule has 2 aromatic rings. The van der Waals surface area contributed by atoms with E-state index in [1.165, 1.54) is 0 Å². The third-order valence-corrected chi connectivity index (χ3v) is 7.20. The molecular formula is C18H29N8O6P. The van der Waals surface area contributed by atoms with Gasteiger partial charge >= 0.3 is 5.56 Å². The van der Waals surface area contributed by atoms with E-state index in [1.54, 1.807) is 0 Å². The molecule has 1 fully saturated rings. The summed E-state index contributed by atoms with van der Waals surface area (Å²) in [6, 6.07) is 2.23. The standard InChI is InChI=1S/C18H29N8O6P/c1-10(2)25(11(3)4)33(30-7-5-6-19)32-12-8-14(31-13(12)9-27)24-18(28)16-15(21-23-24)17(20)22-26(16)29/h10-14,27,29H,5,7-9H2,1-4H3,(H2,20,22)/t12?,13?,14-,33?/m0/s1. The molecule has 0 saturated carbocycles. The van der Waals surface area contributed by atoms with Crippen LogP contribution < -0.4 is 11.3 Å². The van der Waals surface area contributed by atoms with Crippen molar-refractivity contribution < 1.29 is 24.1 Å². The number of ether oxygens (including phenoxy) is 1. The molecule has 4 N–H and O–H groups in total. The van der Waals surface area contributed by atoms with Crippen LogP contribution in [0.25, 0.3) is 11.0 Å². The molecule has 3 unspecified atom stereocenters. The van der Waals surface area contributed by atoms with Gasteiger partial charge in [-0.15, -0.1) is 10.2 Å². The number of anilines is 1. The van der Waals surface area contributed by atoms with Crippen LogP contribution in [0.5, 0.6) is 0 Å². The Balaban J connectivity index is 1.86. The summed E-state index contributed by atoms with van der Waals surface area (Å²) >= 11 is 0. The minimum Gasteiger partial charge on any atom is -0.411 e. The van der Waals surface area contributed by atoms with Crippen LogP contribution in [0.3, 0.4) is 0 Å². The zero-order valence-corrected chi connectivity index (χ0v) is 19.8. The van der Waals surface area contributed by atoms with Gasteiger partial charge < -0.3 is 29.8 Å². The van der Waals surface area contributed by atoms with Gasteiger partial charge in [0.05, 0.1) is 31.8 Å². The molecule has 0 amide bonds. The lowest BCUT2D eigenvalue weighted by atomic mass is 10.2. The van der Waals surface area contributed by atoms with Crippen molar-refractivity contribution in [2.75, 3.05) is 18.9 Å². The second-order valence-corrected chi connectivity index (χ2v) is 9.46. The van der Waals surface area contributed by atoms with Gasteiger partial charge in [0.2, 0.25) is 0 Å². The fourth-order valence-electron chi connectivity index (χ4n) is 3.67. The SMILES string of the molecule is CC(C)N(C(C)C)P(OCCC#N)OC1C[C@@H](n2nnc3c(N)nn(O)c3c2=O)OC1CO. The number of hydrogen-bond donors (Lipinski definition) is 3. The molecule has 14 nitrogen and oxygen atoms in total. The second kappa shape index (κ2) is 10.7. The number of nitrogen functional groups attached to an aromatic ring is 1. The third kappa shape index (κ3) is 5.24. The smallest absolute Gasteiger partial charge is 0.302 e. The maximum absolute atomic E-state index is 12.9. The Bertz CT molecular complexity index is 1040. The topological polar surface area (TPSA) is 187 Å². The highest BCUT2D eigenvalue weighted by atomic mass is 31.2. The van der Waals surface area contributed by atoms with Crippen LogP contribution in [-0.2, 0) is 13.8 Å². The molecule has 1 saturated heterocycles. The first kappa shape index (κ1) is 25.2. The molecule has 0 spiro atoms. The molecule has 0 aliphatic carbocycles. The van der Waals surface area contributed by atoms with E-state index in [2.05, 4.69) is 20.1 Å². The number of nitriles is 1. The zero-order chi connectivity index (χ0) is 24.3. The fraction of sp³-hybridized carbons (Fsp3) is 0.722.